The van der Waals surface area contributed by atoms with Crippen LogP contribution in [0.15, 0.2) is 18.2 Å². The maximum atomic E-state index is 11.9. The highest BCUT2D eigenvalue weighted by molar-refractivity contribution is 9.09. The molecule has 2 aliphatic rings. The number of alkyl halides is 1. The summed E-state index contributed by atoms with van der Waals surface area (Å²) in [5.74, 6) is 0.804. The zero-order valence-corrected chi connectivity index (χ0v) is 11.6. The first-order valence-electron chi connectivity index (χ1n) is 6.21. The van der Waals surface area contributed by atoms with Gasteiger partial charge < -0.3 is 4.90 Å². The number of Topliss-reactive ketones (excluding diaryl/α,β-unsaturated/α-hetero) is 1. The lowest BCUT2D eigenvalue weighted by atomic mass is 10.1. The van der Waals surface area contributed by atoms with Crippen molar-refractivity contribution in [2.45, 2.75) is 19.3 Å². The maximum absolute atomic E-state index is 11.9. The number of amides is 1. The van der Waals surface area contributed by atoms with E-state index in [1.165, 1.54) is 0 Å². The van der Waals surface area contributed by atoms with E-state index in [0.29, 0.717) is 18.8 Å². The summed E-state index contributed by atoms with van der Waals surface area (Å²) >= 11 is 3.44. The molecule has 0 saturated carbocycles. The van der Waals surface area contributed by atoms with Gasteiger partial charge in [-0.1, -0.05) is 15.9 Å². The summed E-state index contributed by atoms with van der Waals surface area (Å²) in [4.78, 5) is 25.4. The van der Waals surface area contributed by atoms with Crippen molar-refractivity contribution in [3.63, 3.8) is 0 Å². The minimum absolute atomic E-state index is 0.184. The molecule has 0 radical (unpaired) electrons. The number of ketones is 1. The zero-order valence-electron chi connectivity index (χ0n) is 9.99. The Balaban J connectivity index is 1.90. The molecule has 0 spiro atoms. The fraction of sp³-hybridized carbons (Fsp3) is 0.429. The summed E-state index contributed by atoms with van der Waals surface area (Å²) in [7, 11) is 0. The van der Waals surface area contributed by atoms with Crippen LogP contribution in [-0.4, -0.2) is 23.6 Å². The van der Waals surface area contributed by atoms with Gasteiger partial charge in [-0.2, -0.15) is 0 Å². The van der Waals surface area contributed by atoms with Crippen molar-refractivity contribution in [2.75, 3.05) is 16.8 Å². The molecule has 1 unspecified atom stereocenters. The molecular formula is C14H14BrNO2. The lowest BCUT2D eigenvalue weighted by Crippen LogP contribution is -2.24. The number of benzene rings is 1. The SMILES string of the molecule is O=C1CCc2cc(N3CC(CBr)CC3=O)ccc21. The van der Waals surface area contributed by atoms with Crippen molar-refractivity contribution in [1.29, 1.82) is 0 Å². The third-order valence-corrected chi connectivity index (χ3v) is 4.66. The second-order valence-corrected chi connectivity index (χ2v) is 5.64. The smallest absolute Gasteiger partial charge is 0.227 e. The number of fused-ring (bicyclic) bond motifs is 1. The Morgan fingerprint density at radius 3 is 2.83 bits per heavy atom. The van der Waals surface area contributed by atoms with Crippen LogP contribution in [0.5, 0.6) is 0 Å². The van der Waals surface area contributed by atoms with Crippen LogP contribution < -0.4 is 4.90 Å². The third-order valence-electron chi connectivity index (χ3n) is 3.75. The molecular weight excluding hydrogens is 294 g/mol. The van der Waals surface area contributed by atoms with Crippen LogP contribution in [0.3, 0.4) is 0 Å². The summed E-state index contributed by atoms with van der Waals surface area (Å²) < 4.78 is 0. The fourth-order valence-corrected chi connectivity index (χ4v) is 3.18. The van der Waals surface area contributed by atoms with Crippen molar-refractivity contribution in [2.24, 2.45) is 5.92 Å². The van der Waals surface area contributed by atoms with Crippen molar-refractivity contribution in [1.82, 2.24) is 0 Å². The van der Waals surface area contributed by atoms with Crippen molar-refractivity contribution < 1.29 is 9.59 Å². The minimum atomic E-state index is 0.184. The van der Waals surface area contributed by atoms with Crippen LogP contribution in [0.2, 0.25) is 0 Å². The van der Waals surface area contributed by atoms with Gasteiger partial charge in [0.15, 0.2) is 5.78 Å². The molecule has 3 rings (SSSR count). The van der Waals surface area contributed by atoms with E-state index in [4.69, 9.17) is 0 Å². The number of carbonyl (C=O) groups is 2. The second-order valence-electron chi connectivity index (χ2n) is 4.99. The Morgan fingerprint density at radius 1 is 1.28 bits per heavy atom. The van der Waals surface area contributed by atoms with E-state index in [2.05, 4.69) is 15.9 Å². The molecule has 1 fully saturated rings. The molecule has 0 bridgehead atoms. The fourth-order valence-electron chi connectivity index (χ4n) is 2.74. The predicted octanol–water partition coefficient (Wildman–Crippen LogP) is 2.56. The Bertz CT molecular complexity index is 527. The molecule has 1 aromatic rings. The van der Waals surface area contributed by atoms with Crippen LogP contribution in [0, 0.1) is 5.92 Å². The minimum Gasteiger partial charge on any atom is -0.312 e. The molecule has 1 atom stereocenters. The highest BCUT2D eigenvalue weighted by Gasteiger charge is 2.30. The number of rotatable bonds is 2. The first-order chi connectivity index (χ1) is 8.69. The number of aryl methyl sites for hydroxylation is 1. The maximum Gasteiger partial charge on any atom is 0.227 e. The third kappa shape index (κ3) is 1.88. The van der Waals surface area contributed by atoms with E-state index in [-0.39, 0.29) is 11.7 Å². The number of hydrogen-bond donors (Lipinski definition) is 0. The van der Waals surface area contributed by atoms with Gasteiger partial charge in [0.2, 0.25) is 5.91 Å². The van der Waals surface area contributed by atoms with Crippen LogP contribution in [0.4, 0.5) is 5.69 Å². The van der Waals surface area contributed by atoms with Gasteiger partial charge in [0.25, 0.3) is 0 Å². The predicted molar refractivity (Wildman–Crippen MR) is 73.3 cm³/mol. The Kier molecular flexibility index (Phi) is 2.98. The van der Waals surface area contributed by atoms with Crippen LogP contribution in [0.25, 0.3) is 0 Å². The molecule has 1 heterocycles. The van der Waals surface area contributed by atoms with Crippen molar-refractivity contribution >= 4 is 33.3 Å². The summed E-state index contributed by atoms with van der Waals surface area (Å²) in [6.45, 7) is 0.775. The number of halogens is 1. The van der Waals surface area contributed by atoms with E-state index < -0.39 is 0 Å². The lowest BCUT2D eigenvalue weighted by molar-refractivity contribution is -0.117. The summed E-state index contributed by atoms with van der Waals surface area (Å²) in [6.07, 6.45) is 2.03. The van der Waals surface area contributed by atoms with Crippen LogP contribution >= 0.6 is 15.9 Å². The monoisotopic (exact) mass is 307 g/mol. The molecule has 3 nitrogen and oxygen atoms in total. The molecule has 94 valence electrons. The van der Waals surface area contributed by atoms with Gasteiger partial charge in [0.1, 0.15) is 0 Å². The van der Waals surface area contributed by atoms with Gasteiger partial charge in [0, 0.05) is 36.0 Å². The Hall–Kier alpha value is -1.16. The van der Waals surface area contributed by atoms with E-state index in [1.54, 1.807) is 0 Å². The van der Waals surface area contributed by atoms with Crippen molar-refractivity contribution in [3.05, 3.63) is 29.3 Å². The van der Waals surface area contributed by atoms with Crippen molar-refractivity contribution in [3.8, 4) is 0 Å². The van der Waals surface area contributed by atoms with Gasteiger partial charge in [-0.15, -0.1) is 0 Å². The number of hydrogen-bond acceptors (Lipinski definition) is 2. The lowest BCUT2D eigenvalue weighted by Gasteiger charge is -2.17. The van der Waals surface area contributed by atoms with Gasteiger partial charge in [-0.05, 0) is 36.1 Å². The average molecular weight is 308 g/mol. The molecule has 1 amide bonds. The average Bonchev–Trinajstić information content (AvgIpc) is 2.93. The molecule has 1 aliphatic heterocycles. The Labute approximate surface area is 114 Å². The molecule has 1 aliphatic carbocycles. The van der Waals surface area contributed by atoms with E-state index in [0.717, 1.165) is 35.1 Å². The number of anilines is 1. The highest BCUT2D eigenvalue weighted by atomic mass is 79.9. The van der Waals surface area contributed by atoms with Crippen LogP contribution in [-0.2, 0) is 11.2 Å². The van der Waals surface area contributed by atoms with Gasteiger partial charge in [0.05, 0.1) is 0 Å². The quantitative estimate of drug-likeness (QED) is 0.788. The number of carbonyl (C=O) groups excluding carboxylic acids is 2. The van der Waals surface area contributed by atoms with Gasteiger partial charge in [-0.3, -0.25) is 9.59 Å². The first kappa shape index (κ1) is 11.9. The van der Waals surface area contributed by atoms with Gasteiger partial charge in [-0.25, -0.2) is 0 Å². The number of nitrogens with zero attached hydrogens (tertiary/aromatic N) is 1. The highest BCUT2D eigenvalue weighted by Crippen LogP contribution is 2.30. The van der Waals surface area contributed by atoms with E-state index >= 15 is 0 Å². The molecule has 1 saturated heterocycles. The zero-order chi connectivity index (χ0) is 12.7. The van der Waals surface area contributed by atoms with E-state index in [9.17, 15) is 9.59 Å². The molecule has 1 aromatic carbocycles. The molecule has 18 heavy (non-hydrogen) atoms. The van der Waals surface area contributed by atoms with E-state index in [1.807, 2.05) is 23.1 Å². The standard InChI is InChI=1S/C14H14BrNO2/c15-7-9-5-14(18)16(8-9)11-2-3-12-10(6-11)1-4-13(12)17/h2-3,6,9H,1,4-5,7-8H2. The summed E-state index contributed by atoms with van der Waals surface area (Å²) in [6, 6.07) is 5.78. The first-order valence-corrected chi connectivity index (χ1v) is 7.33. The molecule has 0 aromatic heterocycles. The second kappa shape index (κ2) is 4.50. The summed E-state index contributed by atoms with van der Waals surface area (Å²) in [5, 5.41) is 0.860. The van der Waals surface area contributed by atoms with Gasteiger partial charge >= 0.3 is 0 Å². The summed E-state index contributed by atoms with van der Waals surface area (Å²) in [5.41, 5.74) is 2.87. The molecule has 0 N–H and O–H groups in total. The largest absolute Gasteiger partial charge is 0.312 e. The normalized spacial score (nSPS) is 22.7. The molecule has 4 heteroatoms. The Morgan fingerprint density at radius 2 is 2.11 bits per heavy atom. The van der Waals surface area contributed by atoms with Crippen LogP contribution in [0.1, 0.15) is 28.8 Å². The topological polar surface area (TPSA) is 37.4 Å².